The molecule has 4 rings (SSSR count). The molecule has 2 N–H and O–H groups in total. The summed E-state index contributed by atoms with van der Waals surface area (Å²) in [5, 5.41) is 5.22. The number of sulfonamides is 1. The number of anilines is 1. The molecule has 0 spiro atoms. The second-order valence-corrected chi connectivity index (χ2v) is 11.2. The van der Waals surface area contributed by atoms with Crippen molar-refractivity contribution in [1.29, 1.82) is 0 Å². The highest BCUT2D eigenvalue weighted by Crippen LogP contribution is 2.32. The molecule has 2 aliphatic rings. The Morgan fingerprint density at radius 3 is 2.24 bits per heavy atom. The van der Waals surface area contributed by atoms with Crippen molar-refractivity contribution in [1.82, 2.24) is 14.5 Å². The highest BCUT2D eigenvalue weighted by molar-refractivity contribution is 7.89. The average molecular weight is 533 g/mol. The Hall–Kier alpha value is -3.35. The molecule has 0 unspecified atom stereocenters. The van der Waals surface area contributed by atoms with E-state index in [0.29, 0.717) is 11.3 Å². The molecule has 2 aromatic carbocycles. The number of hydrogen-bond acceptors (Lipinski definition) is 6. The standard InChI is InChI=1S/C25H29FN4O6S/c1-4-25(18-5-7-19(26)8-6-18)23(32)30(24(33)28-25)15-22(31)27-20-9-11-21(12-10-20)37(34,35)29-13-16(2)36-17(3)14-29/h5-12,16-17H,4,13-15H2,1-3H3,(H,27,31)(H,28,33)/t16-,17-,25+/m1/s1. The van der Waals surface area contributed by atoms with Gasteiger partial charge in [0, 0.05) is 18.8 Å². The van der Waals surface area contributed by atoms with Crippen LogP contribution in [0.4, 0.5) is 14.9 Å². The summed E-state index contributed by atoms with van der Waals surface area (Å²) >= 11 is 0. The van der Waals surface area contributed by atoms with Crippen molar-refractivity contribution in [2.45, 2.75) is 49.8 Å². The van der Waals surface area contributed by atoms with Crippen LogP contribution in [0.3, 0.4) is 0 Å². The molecule has 4 amide bonds. The van der Waals surface area contributed by atoms with Crippen molar-refractivity contribution in [3.8, 4) is 0 Å². The van der Waals surface area contributed by atoms with Crippen molar-refractivity contribution in [3.05, 3.63) is 59.9 Å². The van der Waals surface area contributed by atoms with E-state index in [4.69, 9.17) is 4.74 Å². The SMILES string of the molecule is CC[C@@]1(c2ccc(F)cc2)NC(=O)N(CC(=O)Nc2ccc(S(=O)(=O)N3C[C@@H](C)O[C@H](C)C3)cc2)C1=O. The zero-order valence-electron chi connectivity index (χ0n) is 20.7. The van der Waals surface area contributed by atoms with Crippen molar-refractivity contribution in [3.63, 3.8) is 0 Å². The van der Waals surface area contributed by atoms with Gasteiger partial charge < -0.3 is 15.4 Å². The maximum absolute atomic E-state index is 13.4. The highest BCUT2D eigenvalue weighted by Gasteiger charge is 2.51. The fourth-order valence-electron chi connectivity index (χ4n) is 4.67. The number of morpholine rings is 1. The van der Waals surface area contributed by atoms with Gasteiger partial charge in [0.1, 0.15) is 17.9 Å². The number of benzene rings is 2. The van der Waals surface area contributed by atoms with Crippen LogP contribution in [-0.2, 0) is 29.9 Å². The first-order valence-electron chi connectivity index (χ1n) is 11.9. The largest absolute Gasteiger partial charge is 0.373 e. The third kappa shape index (κ3) is 5.22. The highest BCUT2D eigenvalue weighted by atomic mass is 32.2. The summed E-state index contributed by atoms with van der Waals surface area (Å²) in [4.78, 5) is 39.3. The molecule has 2 saturated heterocycles. The minimum Gasteiger partial charge on any atom is -0.373 e. The van der Waals surface area contributed by atoms with E-state index in [0.717, 1.165) is 4.90 Å². The van der Waals surface area contributed by atoms with Crippen molar-refractivity contribution in [2.24, 2.45) is 0 Å². The van der Waals surface area contributed by atoms with E-state index >= 15 is 0 Å². The van der Waals surface area contributed by atoms with Crippen LogP contribution in [0.1, 0.15) is 32.8 Å². The van der Waals surface area contributed by atoms with Crippen LogP contribution in [0.15, 0.2) is 53.4 Å². The van der Waals surface area contributed by atoms with E-state index < -0.39 is 45.8 Å². The number of halogens is 1. The first kappa shape index (κ1) is 26.7. The van der Waals surface area contributed by atoms with Crippen molar-refractivity contribution in [2.75, 3.05) is 25.0 Å². The minimum absolute atomic E-state index is 0.0768. The van der Waals surface area contributed by atoms with Gasteiger partial charge in [0.25, 0.3) is 5.91 Å². The molecule has 0 saturated carbocycles. The van der Waals surface area contributed by atoms with Gasteiger partial charge in [0.2, 0.25) is 15.9 Å². The second-order valence-electron chi connectivity index (χ2n) is 9.24. The third-order valence-electron chi connectivity index (χ3n) is 6.51. The molecule has 12 heteroatoms. The van der Waals surface area contributed by atoms with Crippen LogP contribution in [0.2, 0.25) is 0 Å². The molecular formula is C25H29FN4O6S. The van der Waals surface area contributed by atoms with Crippen LogP contribution in [-0.4, -0.2) is 67.3 Å². The molecule has 2 fully saturated rings. The number of hydrogen-bond donors (Lipinski definition) is 2. The van der Waals surface area contributed by atoms with E-state index in [1.54, 1.807) is 6.92 Å². The lowest BCUT2D eigenvalue weighted by Gasteiger charge is -2.34. The van der Waals surface area contributed by atoms with E-state index in [9.17, 15) is 27.2 Å². The number of ether oxygens (including phenoxy) is 1. The van der Waals surface area contributed by atoms with Crippen LogP contribution >= 0.6 is 0 Å². The molecule has 0 aromatic heterocycles. The lowest BCUT2D eigenvalue weighted by Crippen LogP contribution is -2.48. The van der Waals surface area contributed by atoms with E-state index in [2.05, 4.69) is 10.6 Å². The number of amides is 4. The quantitative estimate of drug-likeness (QED) is 0.528. The normalized spacial score (nSPS) is 24.7. The Labute approximate surface area is 214 Å². The molecule has 0 aliphatic carbocycles. The molecule has 3 atom stereocenters. The zero-order valence-corrected chi connectivity index (χ0v) is 21.5. The maximum atomic E-state index is 13.4. The van der Waals surface area contributed by atoms with Gasteiger partial charge in [0.15, 0.2) is 0 Å². The topological polar surface area (TPSA) is 125 Å². The number of carbonyl (C=O) groups is 3. The molecule has 0 radical (unpaired) electrons. The number of rotatable bonds is 7. The van der Waals surface area contributed by atoms with Gasteiger partial charge >= 0.3 is 6.03 Å². The fourth-order valence-corrected chi connectivity index (χ4v) is 6.26. The van der Waals surface area contributed by atoms with Crippen LogP contribution in [0.25, 0.3) is 0 Å². The number of nitrogens with zero attached hydrogens (tertiary/aromatic N) is 2. The first-order chi connectivity index (χ1) is 17.5. The van der Waals surface area contributed by atoms with E-state index in [1.165, 1.54) is 52.8 Å². The summed E-state index contributed by atoms with van der Waals surface area (Å²) in [5.74, 6) is -1.73. The Bertz CT molecular complexity index is 1290. The summed E-state index contributed by atoms with van der Waals surface area (Å²) in [6.45, 7) is 5.28. The van der Waals surface area contributed by atoms with Gasteiger partial charge in [-0.2, -0.15) is 4.31 Å². The predicted molar refractivity (Wildman–Crippen MR) is 132 cm³/mol. The summed E-state index contributed by atoms with van der Waals surface area (Å²) in [6.07, 6.45) is -0.244. The first-order valence-corrected chi connectivity index (χ1v) is 13.4. The molecule has 2 aliphatic heterocycles. The monoisotopic (exact) mass is 532 g/mol. The zero-order chi connectivity index (χ0) is 27.0. The number of nitrogens with one attached hydrogen (secondary N) is 2. The molecule has 37 heavy (non-hydrogen) atoms. The van der Waals surface area contributed by atoms with Gasteiger partial charge in [-0.1, -0.05) is 19.1 Å². The summed E-state index contributed by atoms with van der Waals surface area (Å²) < 4.78 is 46.4. The van der Waals surface area contributed by atoms with Gasteiger partial charge in [-0.15, -0.1) is 0 Å². The van der Waals surface area contributed by atoms with Gasteiger partial charge in [-0.25, -0.2) is 17.6 Å². The van der Waals surface area contributed by atoms with Crippen LogP contribution < -0.4 is 10.6 Å². The molecular weight excluding hydrogens is 503 g/mol. The van der Waals surface area contributed by atoms with Gasteiger partial charge in [-0.3, -0.25) is 14.5 Å². The van der Waals surface area contributed by atoms with E-state index in [-0.39, 0.29) is 36.6 Å². The van der Waals surface area contributed by atoms with Gasteiger partial charge in [-0.05, 0) is 62.2 Å². The maximum Gasteiger partial charge on any atom is 0.325 e. The Morgan fingerprint density at radius 2 is 1.68 bits per heavy atom. The smallest absolute Gasteiger partial charge is 0.325 e. The summed E-state index contributed by atoms with van der Waals surface area (Å²) in [6, 6.07) is 10.2. The Kier molecular flexibility index (Phi) is 7.36. The molecule has 2 aromatic rings. The second kappa shape index (κ2) is 10.2. The average Bonchev–Trinajstić information content (AvgIpc) is 3.09. The van der Waals surface area contributed by atoms with Gasteiger partial charge in [0.05, 0.1) is 17.1 Å². The lowest BCUT2D eigenvalue weighted by molar-refractivity contribution is -0.134. The van der Waals surface area contributed by atoms with E-state index in [1.807, 2.05) is 13.8 Å². The minimum atomic E-state index is -3.74. The molecule has 0 bridgehead atoms. The number of carbonyl (C=O) groups excluding carboxylic acids is 3. The predicted octanol–water partition coefficient (Wildman–Crippen LogP) is 2.42. The molecule has 2 heterocycles. The van der Waals surface area contributed by atoms with Crippen molar-refractivity contribution >= 4 is 33.6 Å². The van der Waals surface area contributed by atoms with Crippen molar-refractivity contribution < 1.29 is 31.9 Å². The number of urea groups is 1. The fraction of sp³-hybridized carbons (Fsp3) is 0.400. The third-order valence-corrected chi connectivity index (χ3v) is 8.35. The Morgan fingerprint density at radius 1 is 1.08 bits per heavy atom. The molecule has 10 nitrogen and oxygen atoms in total. The van der Waals surface area contributed by atoms with Crippen LogP contribution in [0, 0.1) is 5.82 Å². The lowest BCUT2D eigenvalue weighted by atomic mass is 9.87. The molecule has 198 valence electrons. The Balaban J connectivity index is 1.43. The number of imide groups is 1. The van der Waals surface area contributed by atoms with Crippen LogP contribution in [0.5, 0.6) is 0 Å². The summed E-state index contributed by atoms with van der Waals surface area (Å²) in [7, 11) is -3.74. The summed E-state index contributed by atoms with van der Waals surface area (Å²) in [5.41, 5.74) is -0.672.